The highest BCUT2D eigenvalue weighted by Gasteiger charge is 2.09. The van der Waals surface area contributed by atoms with Gasteiger partial charge in [0.05, 0.1) is 0 Å². The van der Waals surface area contributed by atoms with E-state index in [1.807, 2.05) is 0 Å². The molecule has 1 N–H and O–H groups in total. The normalized spacial score (nSPS) is 10.4. The summed E-state index contributed by atoms with van der Waals surface area (Å²) in [6, 6.07) is 9.71. The summed E-state index contributed by atoms with van der Waals surface area (Å²) in [7, 11) is 0. The minimum absolute atomic E-state index is 0.0515. The van der Waals surface area contributed by atoms with Crippen molar-refractivity contribution in [2.24, 2.45) is 0 Å². The average molecular weight is 346 g/mol. The molecule has 2 aromatic rings. The summed E-state index contributed by atoms with van der Waals surface area (Å²) in [6.07, 6.45) is 0. The third-order valence-corrected chi connectivity index (χ3v) is 3.17. The van der Waals surface area contributed by atoms with Gasteiger partial charge in [0.15, 0.2) is 0 Å². The van der Waals surface area contributed by atoms with Crippen molar-refractivity contribution in [3.05, 3.63) is 51.2 Å². The van der Waals surface area contributed by atoms with Gasteiger partial charge in [0.2, 0.25) is 0 Å². The van der Waals surface area contributed by atoms with Gasteiger partial charge in [0, 0.05) is 20.1 Å². The van der Waals surface area contributed by atoms with Crippen molar-refractivity contribution in [2.45, 2.75) is 0 Å². The standard InChI is InChI=1S/C12H7Br2FO/c13-7-1-3-9(11(15)5-7)10-4-2-8(14)6-12(10)16/h1-6,16H. The molecule has 0 amide bonds. The second-order valence-corrected chi connectivity index (χ2v) is 5.12. The lowest BCUT2D eigenvalue weighted by Crippen LogP contribution is -1.85. The molecule has 0 spiro atoms. The van der Waals surface area contributed by atoms with Crippen LogP contribution in [0.25, 0.3) is 11.1 Å². The van der Waals surface area contributed by atoms with Crippen LogP contribution < -0.4 is 0 Å². The van der Waals surface area contributed by atoms with Crippen LogP contribution >= 0.6 is 31.9 Å². The molecule has 0 fully saturated rings. The van der Waals surface area contributed by atoms with E-state index in [0.717, 1.165) is 4.47 Å². The Morgan fingerprint density at radius 1 is 0.875 bits per heavy atom. The third kappa shape index (κ3) is 2.28. The zero-order chi connectivity index (χ0) is 11.7. The van der Waals surface area contributed by atoms with Crippen molar-refractivity contribution >= 4 is 31.9 Å². The van der Waals surface area contributed by atoms with Crippen molar-refractivity contribution in [1.29, 1.82) is 0 Å². The molecule has 0 atom stereocenters. The first-order valence-electron chi connectivity index (χ1n) is 4.52. The Labute approximate surface area is 109 Å². The fourth-order valence-corrected chi connectivity index (χ4v) is 2.12. The molecular weight excluding hydrogens is 339 g/mol. The van der Waals surface area contributed by atoms with Crippen LogP contribution in [0.1, 0.15) is 0 Å². The number of hydrogen-bond acceptors (Lipinski definition) is 1. The minimum Gasteiger partial charge on any atom is -0.507 e. The van der Waals surface area contributed by atoms with Crippen molar-refractivity contribution in [3.8, 4) is 16.9 Å². The van der Waals surface area contributed by atoms with Crippen LogP contribution in [0.4, 0.5) is 4.39 Å². The molecule has 0 saturated carbocycles. The molecule has 0 aliphatic heterocycles. The smallest absolute Gasteiger partial charge is 0.132 e. The molecule has 82 valence electrons. The molecule has 0 radical (unpaired) electrons. The third-order valence-electron chi connectivity index (χ3n) is 2.18. The Kier molecular flexibility index (Phi) is 3.30. The molecule has 0 aliphatic carbocycles. The van der Waals surface area contributed by atoms with E-state index in [1.54, 1.807) is 24.3 Å². The van der Waals surface area contributed by atoms with E-state index in [2.05, 4.69) is 31.9 Å². The Morgan fingerprint density at radius 2 is 1.44 bits per heavy atom. The summed E-state index contributed by atoms with van der Waals surface area (Å²) < 4.78 is 15.1. The second kappa shape index (κ2) is 4.55. The number of halogens is 3. The monoisotopic (exact) mass is 344 g/mol. The fraction of sp³-hybridized carbons (Fsp3) is 0. The summed E-state index contributed by atoms with van der Waals surface area (Å²) >= 11 is 6.43. The van der Waals surface area contributed by atoms with E-state index in [1.165, 1.54) is 12.1 Å². The zero-order valence-electron chi connectivity index (χ0n) is 8.05. The zero-order valence-corrected chi connectivity index (χ0v) is 11.2. The van der Waals surface area contributed by atoms with E-state index in [4.69, 9.17) is 0 Å². The number of phenolic OH excluding ortho intramolecular Hbond substituents is 1. The number of benzene rings is 2. The number of phenols is 1. The molecular formula is C12H7Br2FO. The molecule has 0 heterocycles. The predicted molar refractivity (Wildman–Crippen MR) is 68.9 cm³/mol. The first kappa shape index (κ1) is 11.6. The van der Waals surface area contributed by atoms with E-state index < -0.39 is 0 Å². The van der Waals surface area contributed by atoms with Crippen LogP contribution in [0.2, 0.25) is 0 Å². The van der Waals surface area contributed by atoms with Gasteiger partial charge < -0.3 is 5.11 Å². The summed E-state index contributed by atoms with van der Waals surface area (Å²) in [5, 5.41) is 9.73. The maximum atomic E-state index is 13.7. The van der Waals surface area contributed by atoms with E-state index >= 15 is 0 Å². The molecule has 0 unspecified atom stereocenters. The Morgan fingerprint density at radius 3 is 2.00 bits per heavy atom. The van der Waals surface area contributed by atoms with Gasteiger partial charge >= 0.3 is 0 Å². The first-order chi connectivity index (χ1) is 7.58. The summed E-state index contributed by atoms with van der Waals surface area (Å²) in [4.78, 5) is 0. The highest BCUT2D eigenvalue weighted by molar-refractivity contribution is 9.10. The molecule has 1 nitrogen and oxygen atoms in total. The van der Waals surface area contributed by atoms with Crippen molar-refractivity contribution in [1.82, 2.24) is 0 Å². The molecule has 0 saturated heterocycles. The lowest BCUT2D eigenvalue weighted by molar-refractivity contribution is 0.476. The van der Waals surface area contributed by atoms with Crippen molar-refractivity contribution in [3.63, 3.8) is 0 Å². The maximum Gasteiger partial charge on any atom is 0.132 e. The van der Waals surface area contributed by atoms with Crippen molar-refractivity contribution < 1.29 is 9.50 Å². The Hall–Kier alpha value is -0.870. The van der Waals surface area contributed by atoms with Crippen LogP contribution in [0.15, 0.2) is 45.3 Å². The molecule has 4 heteroatoms. The fourth-order valence-electron chi connectivity index (χ4n) is 1.44. The molecule has 2 aromatic carbocycles. The van der Waals surface area contributed by atoms with Crippen LogP contribution in [0.3, 0.4) is 0 Å². The number of rotatable bonds is 1. The van der Waals surface area contributed by atoms with Gasteiger partial charge in [-0.2, -0.15) is 0 Å². The van der Waals surface area contributed by atoms with Gasteiger partial charge in [-0.15, -0.1) is 0 Å². The molecule has 0 aliphatic rings. The summed E-state index contributed by atoms with van der Waals surface area (Å²) in [5.41, 5.74) is 0.862. The first-order valence-corrected chi connectivity index (χ1v) is 6.10. The highest BCUT2D eigenvalue weighted by Crippen LogP contribution is 2.33. The topological polar surface area (TPSA) is 20.2 Å². The quantitative estimate of drug-likeness (QED) is 0.792. The van der Waals surface area contributed by atoms with Crippen molar-refractivity contribution in [2.75, 3.05) is 0 Å². The Balaban J connectivity index is 2.59. The Bertz CT molecular complexity index is 491. The maximum absolute atomic E-state index is 13.7. The van der Waals surface area contributed by atoms with Gasteiger partial charge in [-0.25, -0.2) is 4.39 Å². The molecule has 0 aromatic heterocycles. The van der Waals surface area contributed by atoms with Gasteiger partial charge in [-0.1, -0.05) is 37.9 Å². The lowest BCUT2D eigenvalue weighted by Gasteiger charge is -2.06. The van der Waals surface area contributed by atoms with E-state index in [-0.39, 0.29) is 11.6 Å². The average Bonchev–Trinajstić information content (AvgIpc) is 2.19. The van der Waals surface area contributed by atoms with Gasteiger partial charge in [-0.05, 0) is 30.3 Å². The number of aromatic hydroxyl groups is 1. The predicted octanol–water partition coefficient (Wildman–Crippen LogP) is 4.72. The summed E-state index contributed by atoms with van der Waals surface area (Å²) in [5.74, 6) is -0.317. The SMILES string of the molecule is Oc1cc(Br)ccc1-c1ccc(Br)cc1F. The summed E-state index contributed by atoms with van der Waals surface area (Å²) in [6.45, 7) is 0. The van der Waals surface area contributed by atoms with Crippen LogP contribution in [-0.4, -0.2) is 5.11 Å². The largest absolute Gasteiger partial charge is 0.507 e. The molecule has 16 heavy (non-hydrogen) atoms. The minimum atomic E-state index is -0.369. The van der Waals surface area contributed by atoms with Crippen LogP contribution in [-0.2, 0) is 0 Å². The molecule has 0 bridgehead atoms. The van der Waals surface area contributed by atoms with Gasteiger partial charge in [-0.3, -0.25) is 0 Å². The van der Waals surface area contributed by atoms with Crippen LogP contribution in [0.5, 0.6) is 5.75 Å². The number of hydrogen-bond donors (Lipinski definition) is 1. The van der Waals surface area contributed by atoms with E-state index in [9.17, 15) is 9.50 Å². The van der Waals surface area contributed by atoms with Crippen LogP contribution in [0, 0.1) is 5.82 Å². The second-order valence-electron chi connectivity index (χ2n) is 3.29. The molecule has 2 rings (SSSR count). The van der Waals surface area contributed by atoms with E-state index in [0.29, 0.717) is 15.6 Å². The highest BCUT2D eigenvalue weighted by atomic mass is 79.9. The van der Waals surface area contributed by atoms with Gasteiger partial charge in [0.1, 0.15) is 11.6 Å². The van der Waals surface area contributed by atoms with Gasteiger partial charge in [0.25, 0.3) is 0 Å². The lowest BCUT2D eigenvalue weighted by atomic mass is 10.0.